The van der Waals surface area contributed by atoms with E-state index in [2.05, 4.69) is 15.9 Å². The van der Waals surface area contributed by atoms with E-state index in [1.54, 1.807) is 30.9 Å². The number of hydrogen-bond acceptors (Lipinski definition) is 2. The van der Waals surface area contributed by atoms with Gasteiger partial charge in [-0.3, -0.25) is 0 Å². The first-order valence-corrected chi connectivity index (χ1v) is 6.53. The van der Waals surface area contributed by atoms with Crippen molar-refractivity contribution < 1.29 is 14.6 Å². The summed E-state index contributed by atoms with van der Waals surface area (Å²) in [6, 6.07) is 7.48. The lowest BCUT2D eigenvalue weighted by atomic mass is 10.2. The number of carboxylic acid groups (broad SMARTS) is 1. The molecule has 19 heavy (non-hydrogen) atoms. The molecule has 0 aliphatic heterocycles. The number of halogens is 1. The fourth-order valence-corrected chi connectivity index (χ4v) is 2.47. The average molecular weight is 324 g/mol. The molecule has 0 aliphatic carbocycles. The van der Waals surface area contributed by atoms with Crippen molar-refractivity contribution in [3.63, 3.8) is 0 Å². The number of methoxy groups -OCH3 is 1. The highest BCUT2D eigenvalue weighted by atomic mass is 79.9. The molecule has 4 nitrogen and oxygen atoms in total. The summed E-state index contributed by atoms with van der Waals surface area (Å²) in [7, 11) is 1.60. The van der Waals surface area contributed by atoms with E-state index in [1.165, 1.54) is 0 Å². The Morgan fingerprint density at radius 1 is 1.42 bits per heavy atom. The molecule has 0 saturated carbocycles. The smallest absolute Gasteiger partial charge is 0.352 e. The number of rotatable bonds is 4. The summed E-state index contributed by atoms with van der Waals surface area (Å²) < 4.78 is 7.94. The number of carbonyl (C=O) groups is 1. The number of nitrogens with zero attached hydrogens (tertiary/aromatic N) is 1. The van der Waals surface area contributed by atoms with Gasteiger partial charge in [-0.25, -0.2) is 4.79 Å². The largest absolute Gasteiger partial charge is 0.496 e. The van der Waals surface area contributed by atoms with Crippen LogP contribution < -0.4 is 4.74 Å². The normalized spacial score (nSPS) is 10.5. The second kappa shape index (κ2) is 5.48. The summed E-state index contributed by atoms with van der Waals surface area (Å²) in [5, 5.41) is 9.23. The molecule has 0 fully saturated rings. The van der Waals surface area contributed by atoms with E-state index in [0.29, 0.717) is 12.2 Å². The van der Waals surface area contributed by atoms with E-state index in [1.807, 2.05) is 18.2 Å². The number of aryl methyl sites for hydroxylation is 1. The standard InChI is InChI=1S/C14H14BrNO3/c1-9-5-6-16(13(9)14(17)18)8-10-7-11(15)3-4-12(10)19-2/h3-7H,8H2,1-2H3,(H,17,18). The molecule has 1 N–H and O–H groups in total. The molecule has 2 rings (SSSR count). The van der Waals surface area contributed by atoms with Crippen LogP contribution in [0.2, 0.25) is 0 Å². The van der Waals surface area contributed by atoms with Gasteiger partial charge in [0.05, 0.1) is 13.7 Å². The number of aromatic nitrogens is 1. The summed E-state index contributed by atoms with van der Waals surface area (Å²) in [6.07, 6.45) is 1.78. The molecule has 2 aromatic rings. The van der Waals surface area contributed by atoms with Crippen molar-refractivity contribution in [2.75, 3.05) is 7.11 Å². The molecule has 0 amide bonds. The Morgan fingerprint density at radius 3 is 2.79 bits per heavy atom. The van der Waals surface area contributed by atoms with Crippen LogP contribution in [0.4, 0.5) is 0 Å². The van der Waals surface area contributed by atoms with E-state index in [-0.39, 0.29) is 0 Å². The topological polar surface area (TPSA) is 51.5 Å². The quantitative estimate of drug-likeness (QED) is 0.939. The Bertz CT molecular complexity index is 619. The minimum atomic E-state index is -0.920. The SMILES string of the molecule is COc1ccc(Br)cc1Cn1ccc(C)c1C(=O)O. The van der Waals surface area contributed by atoms with E-state index in [9.17, 15) is 9.90 Å². The molecule has 5 heteroatoms. The Morgan fingerprint density at radius 2 is 2.16 bits per heavy atom. The number of benzene rings is 1. The van der Waals surface area contributed by atoms with Gasteiger partial charge in [0, 0.05) is 16.2 Å². The highest BCUT2D eigenvalue weighted by molar-refractivity contribution is 9.10. The summed E-state index contributed by atoms with van der Waals surface area (Å²) >= 11 is 3.41. The minimum absolute atomic E-state index is 0.307. The van der Waals surface area contributed by atoms with Gasteiger partial charge >= 0.3 is 5.97 Å². The summed E-state index contributed by atoms with van der Waals surface area (Å²) in [4.78, 5) is 11.3. The van der Waals surface area contributed by atoms with E-state index >= 15 is 0 Å². The predicted octanol–water partition coefficient (Wildman–Crippen LogP) is 3.31. The summed E-state index contributed by atoms with van der Waals surface area (Å²) in [5.74, 6) is -0.178. The maximum Gasteiger partial charge on any atom is 0.352 e. The fraction of sp³-hybridized carbons (Fsp3) is 0.214. The van der Waals surface area contributed by atoms with Gasteiger partial charge in [0.15, 0.2) is 0 Å². The van der Waals surface area contributed by atoms with E-state index in [4.69, 9.17) is 4.74 Å². The van der Waals surface area contributed by atoms with Gasteiger partial charge in [-0.15, -0.1) is 0 Å². The van der Waals surface area contributed by atoms with E-state index < -0.39 is 5.97 Å². The van der Waals surface area contributed by atoms with E-state index in [0.717, 1.165) is 21.3 Å². The second-order valence-electron chi connectivity index (χ2n) is 4.24. The van der Waals surface area contributed by atoms with Crippen LogP contribution in [0.25, 0.3) is 0 Å². The Hall–Kier alpha value is -1.75. The molecule has 100 valence electrons. The number of aromatic carboxylic acids is 1. The van der Waals surface area contributed by atoms with Crippen molar-refractivity contribution in [1.82, 2.24) is 4.57 Å². The molecule has 1 aromatic carbocycles. The minimum Gasteiger partial charge on any atom is -0.496 e. The highest BCUT2D eigenvalue weighted by Gasteiger charge is 2.14. The maximum atomic E-state index is 11.3. The van der Waals surface area contributed by atoms with Crippen molar-refractivity contribution in [2.45, 2.75) is 13.5 Å². The predicted molar refractivity (Wildman–Crippen MR) is 75.9 cm³/mol. The van der Waals surface area contributed by atoms with Crippen LogP contribution in [0.5, 0.6) is 5.75 Å². The van der Waals surface area contributed by atoms with Crippen LogP contribution in [0.1, 0.15) is 21.6 Å². The van der Waals surface area contributed by atoms with Crippen molar-refractivity contribution in [1.29, 1.82) is 0 Å². The molecule has 1 aromatic heterocycles. The Balaban J connectivity index is 2.41. The van der Waals surface area contributed by atoms with Gasteiger partial charge < -0.3 is 14.4 Å². The first kappa shape index (κ1) is 13.7. The number of carboxylic acids is 1. The van der Waals surface area contributed by atoms with Crippen molar-refractivity contribution in [3.05, 3.63) is 51.8 Å². The first-order valence-electron chi connectivity index (χ1n) is 5.74. The van der Waals surface area contributed by atoms with Crippen LogP contribution in [0, 0.1) is 6.92 Å². The molecular weight excluding hydrogens is 310 g/mol. The zero-order valence-corrected chi connectivity index (χ0v) is 12.3. The van der Waals surface area contributed by atoms with Crippen LogP contribution in [0.3, 0.4) is 0 Å². The lowest BCUT2D eigenvalue weighted by Gasteiger charge is -2.11. The third kappa shape index (κ3) is 2.81. The molecule has 0 bridgehead atoms. The van der Waals surface area contributed by atoms with Gasteiger partial charge in [-0.1, -0.05) is 15.9 Å². The van der Waals surface area contributed by atoms with Crippen LogP contribution in [-0.4, -0.2) is 22.8 Å². The van der Waals surface area contributed by atoms with Gasteiger partial charge in [0.2, 0.25) is 0 Å². The van der Waals surface area contributed by atoms with Crippen LogP contribution in [-0.2, 0) is 6.54 Å². The third-order valence-electron chi connectivity index (χ3n) is 2.95. The molecule has 0 atom stereocenters. The molecule has 0 radical (unpaired) electrons. The first-order chi connectivity index (χ1) is 9.02. The zero-order valence-electron chi connectivity index (χ0n) is 10.7. The lowest BCUT2D eigenvalue weighted by Crippen LogP contribution is -2.10. The molecule has 0 spiro atoms. The zero-order chi connectivity index (χ0) is 14.0. The number of hydrogen-bond donors (Lipinski definition) is 1. The van der Waals surface area contributed by atoms with Crippen molar-refractivity contribution >= 4 is 21.9 Å². The van der Waals surface area contributed by atoms with Crippen LogP contribution in [0.15, 0.2) is 34.9 Å². The summed E-state index contributed by atoms with van der Waals surface area (Å²) in [6.45, 7) is 2.25. The molecule has 0 saturated heterocycles. The van der Waals surface area contributed by atoms with Crippen molar-refractivity contribution in [3.8, 4) is 5.75 Å². The lowest BCUT2D eigenvalue weighted by molar-refractivity contribution is 0.0685. The molecule has 0 unspecified atom stereocenters. The van der Waals surface area contributed by atoms with Gasteiger partial charge in [0.1, 0.15) is 11.4 Å². The highest BCUT2D eigenvalue weighted by Crippen LogP contribution is 2.25. The second-order valence-corrected chi connectivity index (χ2v) is 5.15. The molecule has 0 aliphatic rings. The summed E-state index contributed by atoms with van der Waals surface area (Å²) in [5.41, 5.74) is 1.98. The molecule has 1 heterocycles. The van der Waals surface area contributed by atoms with Crippen molar-refractivity contribution in [2.24, 2.45) is 0 Å². The third-order valence-corrected chi connectivity index (χ3v) is 3.44. The molecular formula is C14H14BrNO3. The fourth-order valence-electron chi connectivity index (χ4n) is 2.06. The Labute approximate surface area is 119 Å². The maximum absolute atomic E-state index is 11.3. The number of ether oxygens (including phenoxy) is 1. The van der Waals surface area contributed by atoms with Crippen LogP contribution >= 0.6 is 15.9 Å². The van der Waals surface area contributed by atoms with Gasteiger partial charge in [0.25, 0.3) is 0 Å². The Kier molecular flexibility index (Phi) is 3.95. The van der Waals surface area contributed by atoms with Gasteiger partial charge in [-0.05, 0) is 36.8 Å². The van der Waals surface area contributed by atoms with Gasteiger partial charge in [-0.2, -0.15) is 0 Å². The monoisotopic (exact) mass is 323 g/mol. The average Bonchev–Trinajstić information content (AvgIpc) is 2.71.